The number of hydrogen-bond donors (Lipinski definition) is 1. The summed E-state index contributed by atoms with van der Waals surface area (Å²) in [4.78, 5) is 27.7. The van der Waals surface area contributed by atoms with Crippen molar-refractivity contribution in [2.45, 2.75) is 58.1 Å². The van der Waals surface area contributed by atoms with Crippen molar-refractivity contribution in [3.8, 4) is 0 Å². The Bertz CT molecular complexity index is 407. The van der Waals surface area contributed by atoms with Gasteiger partial charge < -0.3 is 20.3 Å². The number of nitrogens with two attached hydrogens (primary N) is 1. The van der Waals surface area contributed by atoms with Crippen LogP contribution in [0.1, 0.15) is 46.5 Å². The zero-order chi connectivity index (χ0) is 16.3. The first-order valence-electron chi connectivity index (χ1n) is 8.27. The van der Waals surface area contributed by atoms with Crippen LogP contribution in [0.5, 0.6) is 0 Å². The highest BCUT2D eigenvalue weighted by Gasteiger charge is 2.37. The largest absolute Gasteiger partial charge is 0.444 e. The van der Waals surface area contributed by atoms with Gasteiger partial charge in [-0.3, -0.25) is 4.79 Å². The molecule has 0 aromatic carbocycles. The van der Waals surface area contributed by atoms with Gasteiger partial charge in [-0.2, -0.15) is 0 Å². The van der Waals surface area contributed by atoms with Gasteiger partial charge in [-0.15, -0.1) is 0 Å². The third-order valence-electron chi connectivity index (χ3n) is 4.21. The first kappa shape index (κ1) is 17.1. The van der Waals surface area contributed by atoms with E-state index in [-0.39, 0.29) is 18.5 Å². The Hall–Kier alpha value is -1.30. The van der Waals surface area contributed by atoms with Crippen molar-refractivity contribution >= 4 is 12.0 Å². The van der Waals surface area contributed by atoms with E-state index in [0.29, 0.717) is 12.0 Å². The number of carbonyl (C=O) groups excluding carboxylic acids is 2. The molecule has 2 N–H and O–H groups in total. The van der Waals surface area contributed by atoms with Crippen LogP contribution in [-0.2, 0) is 9.53 Å². The topological polar surface area (TPSA) is 75.9 Å². The monoisotopic (exact) mass is 311 g/mol. The second kappa shape index (κ2) is 6.86. The third kappa shape index (κ3) is 4.87. The van der Waals surface area contributed by atoms with Gasteiger partial charge in [0.15, 0.2) is 0 Å². The van der Waals surface area contributed by atoms with E-state index in [1.807, 2.05) is 30.6 Å². The first-order chi connectivity index (χ1) is 10.3. The Kier molecular flexibility index (Phi) is 5.32. The summed E-state index contributed by atoms with van der Waals surface area (Å²) >= 11 is 0. The lowest BCUT2D eigenvalue weighted by Crippen LogP contribution is -2.46. The molecular formula is C16H29N3O3. The molecule has 22 heavy (non-hydrogen) atoms. The first-order valence-corrected chi connectivity index (χ1v) is 8.27. The van der Waals surface area contributed by atoms with E-state index in [0.717, 1.165) is 45.3 Å². The highest BCUT2D eigenvalue weighted by atomic mass is 16.6. The van der Waals surface area contributed by atoms with Crippen molar-refractivity contribution in [1.29, 1.82) is 0 Å². The zero-order valence-corrected chi connectivity index (χ0v) is 14.0. The minimum absolute atomic E-state index is 0.0182. The molecule has 1 saturated carbocycles. The highest BCUT2D eigenvalue weighted by Crippen LogP contribution is 2.31. The molecule has 2 rings (SSSR count). The van der Waals surface area contributed by atoms with E-state index in [2.05, 4.69) is 0 Å². The molecule has 0 aromatic rings. The Balaban J connectivity index is 1.85. The molecule has 0 radical (unpaired) electrons. The van der Waals surface area contributed by atoms with Crippen LogP contribution in [0.4, 0.5) is 4.79 Å². The van der Waals surface area contributed by atoms with Gasteiger partial charge >= 0.3 is 6.09 Å². The molecule has 126 valence electrons. The maximum absolute atomic E-state index is 12.4. The third-order valence-corrected chi connectivity index (χ3v) is 4.21. The van der Waals surface area contributed by atoms with E-state index < -0.39 is 5.60 Å². The summed E-state index contributed by atoms with van der Waals surface area (Å²) in [6.45, 7) is 7.99. The van der Waals surface area contributed by atoms with Crippen molar-refractivity contribution in [2.24, 2.45) is 11.7 Å². The molecule has 0 atom stereocenters. The molecule has 6 heteroatoms. The summed E-state index contributed by atoms with van der Waals surface area (Å²) in [7, 11) is 0. The van der Waals surface area contributed by atoms with Gasteiger partial charge in [0.2, 0.25) is 5.91 Å². The minimum Gasteiger partial charge on any atom is -0.444 e. The Morgan fingerprint density at radius 1 is 1.18 bits per heavy atom. The second-order valence-electron chi connectivity index (χ2n) is 7.39. The summed E-state index contributed by atoms with van der Waals surface area (Å²) in [6.07, 6.45) is 3.80. The van der Waals surface area contributed by atoms with Gasteiger partial charge in [-0.1, -0.05) is 0 Å². The van der Waals surface area contributed by atoms with Gasteiger partial charge in [0, 0.05) is 25.7 Å². The number of ether oxygens (including phenoxy) is 1. The predicted octanol–water partition coefficient (Wildman–Crippen LogP) is 1.58. The number of rotatable bonds is 4. The lowest BCUT2D eigenvalue weighted by Gasteiger charge is -2.35. The molecule has 1 heterocycles. The van der Waals surface area contributed by atoms with Crippen molar-refractivity contribution in [1.82, 2.24) is 9.80 Å². The number of amides is 2. The molecule has 1 aliphatic carbocycles. The molecule has 2 fully saturated rings. The van der Waals surface area contributed by atoms with Gasteiger partial charge in [-0.05, 0) is 52.4 Å². The minimum atomic E-state index is -0.457. The van der Waals surface area contributed by atoms with Crippen molar-refractivity contribution < 1.29 is 14.3 Å². The van der Waals surface area contributed by atoms with Crippen molar-refractivity contribution in [3.05, 3.63) is 0 Å². The summed E-state index contributed by atoms with van der Waals surface area (Å²) in [5, 5.41) is 0. The van der Waals surface area contributed by atoms with Crippen LogP contribution in [0.2, 0.25) is 0 Å². The maximum Gasteiger partial charge on any atom is 0.410 e. The number of likely N-dealkylation sites (tertiary alicyclic amines) is 1. The molecule has 2 aliphatic rings. The Morgan fingerprint density at radius 3 is 2.23 bits per heavy atom. The van der Waals surface area contributed by atoms with Crippen LogP contribution in [0, 0.1) is 5.92 Å². The van der Waals surface area contributed by atoms with Crippen molar-refractivity contribution in [3.63, 3.8) is 0 Å². The molecule has 0 aromatic heterocycles. The van der Waals surface area contributed by atoms with Gasteiger partial charge in [0.1, 0.15) is 5.60 Å². The zero-order valence-electron chi connectivity index (χ0n) is 14.0. The highest BCUT2D eigenvalue weighted by molar-refractivity contribution is 5.78. The standard InChI is InChI=1S/C16H29N3O3/c1-16(2,3)22-15(21)19(13-4-5-13)11-12-6-8-18(9-7-12)14(20)10-17/h12-13H,4-11,17H2,1-3H3. The Morgan fingerprint density at radius 2 is 1.77 bits per heavy atom. The van der Waals surface area contributed by atoms with Gasteiger partial charge in [0.25, 0.3) is 0 Å². The van der Waals surface area contributed by atoms with Crippen LogP contribution in [-0.4, -0.2) is 59.6 Å². The molecule has 0 unspecified atom stereocenters. The predicted molar refractivity (Wildman–Crippen MR) is 84.3 cm³/mol. The number of piperidine rings is 1. The summed E-state index contributed by atoms with van der Waals surface area (Å²) in [6, 6.07) is 0.346. The molecule has 1 saturated heterocycles. The van der Waals surface area contributed by atoms with Crippen LogP contribution in [0.15, 0.2) is 0 Å². The average molecular weight is 311 g/mol. The summed E-state index contributed by atoms with van der Waals surface area (Å²) in [5.74, 6) is 0.458. The van der Waals surface area contributed by atoms with E-state index in [1.165, 1.54) is 0 Å². The van der Waals surface area contributed by atoms with Crippen LogP contribution < -0.4 is 5.73 Å². The molecule has 2 amide bonds. The number of carbonyl (C=O) groups is 2. The van der Waals surface area contributed by atoms with Crippen LogP contribution in [0.25, 0.3) is 0 Å². The molecule has 0 bridgehead atoms. The van der Waals surface area contributed by atoms with Gasteiger partial charge in [-0.25, -0.2) is 4.79 Å². The maximum atomic E-state index is 12.4. The second-order valence-corrected chi connectivity index (χ2v) is 7.39. The smallest absolute Gasteiger partial charge is 0.410 e. The summed E-state index contributed by atoms with van der Waals surface area (Å²) in [5.41, 5.74) is 4.95. The summed E-state index contributed by atoms with van der Waals surface area (Å²) < 4.78 is 5.53. The fraction of sp³-hybridized carbons (Fsp3) is 0.875. The number of hydrogen-bond acceptors (Lipinski definition) is 4. The fourth-order valence-electron chi connectivity index (χ4n) is 2.85. The van der Waals surface area contributed by atoms with Crippen LogP contribution >= 0.6 is 0 Å². The molecule has 0 spiro atoms. The lowest BCUT2D eigenvalue weighted by atomic mass is 9.96. The molecular weight excluding hydrogens is 282 g/mol. The van der Waals surface area contributed by atoms with Crippen LogP contribution in [0.3, 0.4) is 0 Å². The average Bonchev–Trinajstić information content (AvgIpc) is 3.27. The molecule has 6 nitrogen and oxygen atoms in total. The SMILES string of the molecule is CC(C)(C)OC(=O)N(CC1CCN(C(=O)CN)CC1)C1CC1. The van der Waals surface area contributed by atoms with E-state index in [4.69, 9.17) is 10.5 Å². The van der Waals surface area contributed by atoms with E-state index >= 15 is 0 Å². The molecule has 1 aliphatic heterocycles. The van der Waals surface area contributed by atoms with E-state index in [1.54, 1.807) is 0 Å². The fourth-order valence-corrected chi connectivity index (χ4v) is 2.85. The lowest BCUT2D eigenvalue weighted by molar-refractivity contribution is -0.131. The Labute approximate surface area is 132 Å². The number of nitrogens with zero attached hydrogens (tertiary/aromatic N) is 2. The normalized spacial score (nSPS) is 19.9. The quantitative estimate of drug-likeness (QED) is 0.855. The van der Waals surface area contributed by atoms with Gasteiger partial charge in [0.05, 0.1) is 6.54 Å². The van der Waals surface area contributed by atoms with E-state index in [9.17, 15) is 9.59 Å². The van der Waals surface area contributed by atoms with Crippen molar-refractivity contribution in [2.75, 3.05) is 26.2 Å².